The number of carbonyl (C=O) groups is 2. The quantitative estimate of drug-likeness (QED) is 0.781. The molecule has 0 unspecified atom stereocenters. The van der Waals surface area contributed by atoms with Gasteiger partial charge in [-0.15, -0.1) is 11.8 Å². The zero-order valence-corrected chi connectivity index (χ0v) is 13.8. The largest absolute Gasteiger partial charge is 0.478 e. The minimum absolute atomic E-state index is 0.134. The Hall–Kier alpha value is -2.85. The van der Waals surface area contributed by atoms with Crippen molar-refractivity contribution in [1.29, 1.82) is 5.26 Å². The van der Waals surface area contributed by atoms with Crippen LogP contribution in [0.3, 0.4) is 0 Å². The lowest BCUT2D eigenvalue weighted by molar-refractivity contribution is 0.0698. The molecular weight excluding hydrogens is 326 g/mol. The molecule has 0 spiro atoms. The van der Waals surface area contributed by atoms with Crippen LogP contribution in [0.25, 0.3) is 0 Å². The Morgan fingerprint density at radius 2 is 2.12 bits per heavy atom. The van der Waals surface area contributed by atoms with Crippen LogP contribution < -0.4 is 5.32 Å². The molecule has 0 bridgehead atoms. The first-order chi connectivity index (χ1) is 11.5. The highest BCUT2D eigenvalue weighted by Crippen LogP contribution is 2.20. The summed E-state index contributed by atoms with van der Waals surface area (Å²) in [5.74, 6) is -0.722. The third-order valence-corrected chi connectivity index (χ3v) is 4.23. The molecule has 24 heavy (non-hydrogen) atoms. The maximum atomic E-state index is 12.3. The molecule has 2 rings (SSSR count). The molecule has 0 radical (unpaired) electrons. The number of aromatic nitrogens is 1. The molecule has 0 aliphatic carbocycles. The fraction of sp³-hybridized carbons (Fsp3) is 0.176. The van der Waals surface area contributed by atoms with Crippen LogP contribution in [0.15, 0.2) is 41.6 Å². The maximum Gasteiger partial charge on any atom is 0.337 e. The van der Waals surface area contributed by atoms with Gasteiger partial charge in [0.05, 0.1) is 33.5 Å². The van der Waals surface area contributed by atoms with E-state index in [4.69, 9.17) is 5.26 Å². The first kappa shape index (κ1) is 17.5. The van der Waals surface area contributed by atoms with Crippen molar-refractivity contribution in [2.75, 3.05) is 11.1 Å². The van der Waals surface area contributed by atoms with E-state index in [-0.39, 0.29) is 16.8 Å². The highest BCUT2D eigenvalue weighted by atomic mass is 32.2. The van der Waals surface area contributed by atoms with Crippen LogP contribution in [0.4, 0.5) is 5.69 Å². The number of pyridine rings is 1. The van der Waals surface area contributed by atoms with Crippen LogP contribution in [0.5, 0.6) is 0 Å². The van der Waals surface area contributed by atoms with Crippen LogP contribution in [0, 0.1) is 11.3 Å². The Kier molecular flexibility index (Phi) is 5.93. The number of carboxylic acids is 1. The average Bonchev–Trinajstić information content (AvgIpc) is 2.60. The summed E-state index contributed by atoms with van der Waals surface area (Å²) in [4.78, 5) is 27.7. The number of hydrogen-bond acceptors (Lipinski definition) is 5. The second kappa shape index (κ2) is 8.13. The third-order valence-electron chi connectivity index (χ3n) is 3.08. The minimum atomic E-state index is -1.22. The van der Waals surface area contributed by atoms with Crippen molar-refractivity contribution in [1.82, 2.24) is 4.98 Å². The molecule has 0 aliphatic rings. The molecule has 1 amide bonds. The number of anilines is 1. The molecule has 1 aromatic heterocycles. The van der Waals surface area contributed by atoms with E-state index < -0.39 is 11.9 Å². The summed E-state index contributed by atoms with van der Waals surface area (Å²) >= 11 is 1.60. The van der Waals surface area contributed by atoms with E-state index in [1.165, 1.54) is 24.4 Å². The number of hydrogen-bond donors (Lipinski definition) is 2. The van der Waals surface area contributed by atoms with Crippen molar-refractivity contribution in [2.45, 2.75) is 18.4 Å². The van der Waals surface area contributed by atoms with E-state index in [1.807, 2.05) is 6.07 Å². The number of rotatable bonds is 6. The number of amides is 1. The Bertz CT molecular complexity index is 798. The zero-order valence-electron chi connectivity index (χ0n) is 12.9. The molecule has 0 atom stereocenters. The van der Waals surface area contributed by atoms with Gasteiger partial charge in [-0.2, -0.15) is 5.26 Å². The van der Waals surface area contributed by atoms with Gasteiger partial charge in [0.2, 0.25) is 0 Å². The predicted molar refractivity (Wildman–Crippen MR) is 91.3 cm³/mol. The molecule has 0 fully saturated rings. The van der Waals surface area contributed by atoms with Gasteiger partial charge in [-0.25, -0.2) is 9.78 Å². The smallest absolute Gasteiger partial charge is 0.337 e. The van der Waals surface area contributed by atoms with Crippen molar-refractivity contribution in [3.8, 4) is 6.07 Å². The highest BCUT2D eigenvalue weighted by molar-refractivity contribution is 7.99. The van der Waals surface area contributed by atoms with Crippen LogP contribution >= 0.6 is 11.8 Å². The fourth-order valence-corrected chi connectivity index (χ4v) is 2.61. The lowest BCUT2D eigenvalue weighted by Crippen LogP contribution is -2.15. The summed E-state index contributed by atoms with van der Waals surface area (Å²) in [5, 5.41) is 21.4. The van der Waals surface area contributed by atoms with Crippen LogP contribution in [0.1, 0.15) is 39.6 Å². The number of benzene rings is 1. The molecule has 0 saturated heterocycles. The molecular formula is C17H15N3O3S. The summed E-state index contributed by atoms with van der Waals surface area (Å²) in [6, 6.07) is 9.34. The third kappa shape index (κ3) is 4.33. The summed E-state index contributed by atoms with van der Waals surface area (Å²) in [6.45, 7) is 2.08. The van der Waals surface area contributed by atoms with Gasteiger partial charge in [0.25, 0.3) is 5.91 Å². The standard InChI is InChI=1S/C17H15N3O3S/c1-2-7-24-15-6-4-12(10-19-15)16(21)20-14-5-3-11(9-18)8-13(14)17(22)23/h3-6,8,10H,2,7H2,1H3,(H,20,21)(H,22,23). The summed E-state index contributed by atoms with van der Waals surface area (Å²) in [6.07, 6.45) is 2.49. The van der Waals surface area contributed by atoms with Crippen LogP contribution in [-0.4, -0.2) is 27.7 Å². The predicted octanol–water partition coefficient (Wildman–Crippen LogP) is 3.41. The van der Waals surface area contributed by atoms with E-state index in [0.717, 1.165) is 17.2 Å². The monoisotopic (exact) mass is 341 g/mol. The van der Waals surface area contributed by atoms with Crippen molar-refractivity contribution in [3.63, 3.8) is 0 Å². The molecule has 7 heteroatoms. The van der Waals surface area contributed by atoms with Crippen molar-refractivity contribution in [3.05, 3.63) is 53.2 Å². The topological polar surface area (TPSA) is 103 Å². The number of carboxylic acid groups (broad SMARTS) is 1. The van der Waals surface area contributed by atoms with E-state index in [9.17, 15) is 14.7 Å². The van der Waals surface area contributed by atoms with Crippen molar-refractivity contribution >= 4 is 29.3 Å². The molecule has 2 N–H and O–H groups in total. The van der Waals surface area contributed by atoms with E-state index in [1.54, 1.807) is 23.9 Å². The zero-order chi connectivity index (χ0) is 17.5. The van der Waals surface area contributed by atoms with Crippen molar-refractivity contribution in [2.24, 2.45) is 0 Å². The molecule has 2 aromatic rings. The summed E-state index contributed by atoms with van der Waals surface area (Å²) in [7, 11) is 0. The van der Waals surface area contributed by atoms with E-state index in [0.29, 0.717) is 5.56 Å². The van der Waals surface area contributed by atoms with Gasteiger partial charge >= 0.3 is 5.97 Å². The molecule has 1 aromatic carbocycles. The van der Waals surface area contributed by atoms with Gasteiger partial charge in [0.1, 0.15) is 0 Å². The van der Waals surface area contributed by atoms with Crippen LogP contribution in [-0.2, 0) is 0 Å². The highest BCUT2D eigenvalue weighted by Gasteiger charge is 2.15. The second-order valence-electron chi connectivity index (χ2n) is 4.87. The Balaban J connectivity index is 2.17. The fourth-order valence-electron chi connectivity index (χ4n) is 1.90. The number of nitrogens with zero attached hydrogens (tertiary/aromatic N) is 2. The van der Waals surface area contributed by atoms with Gasteiger partial charge in [-0.3, -0.25) is 4.79 Å². The number of thioether (sulfide) groups is 1. The lowest BCUT2D eigenvalue weighted by atomic mass is 10.1. The number of nitriles is 1. The number of carbonyl (C=O) groups excluding carboxylic acids is 1. The van der Waals surface area contributed by atoms with Crippen LogP contribution in [0.2, 0.25) is 0 Å². The summed E-state index contributed by atoms with van der Waals surface area (Å²) < 4.78 is 0. The molecule has 0 aliphatic heterocycles. The maximum absolute atomic E-state index is 12.3. The van der Waals surface area contributed by atoms with E-state index in [2.05, 4.69) is 17.2 Å². The number of aromatic carboxylic acids is 1. The van der Waals surface area contributed by atoms with Gasteiger partial charge in [0.15, 0.2) is 0 Å². The van der Waals surface area contributed by atoms with Gasteiger partial charge < -0.3 is 10.4 Å². The average molecular weight is 341 g/mol. The molecule has 0 saturated carbocycles. The molecule has 6 nitrogen and oxygen atoms in total. The van der Waals surface area contributed by atoms with Crippen molar-refractivity contribution < 1.29 is 14.7 Å². The molecule has 122 valence electrons. The first-order valence-corrected chi connectivity index (χ1v) is 8.21. The van der Waals surface area contributed by atoms with Gasteiger partial charge in [-0.1, -0.05) is 6.92 Å². The van der Waals surface area contributed by atoms with Gasteiger partial charge in [-0.05, 0) is 42.5 Å². The molecule has 1 heterocycles. The normalized spacial score (nSPS) is 10.0. The Morgan fingerprint density at radius 3 is 2.71 bits per heavy atom. The SMILES string of the molecule is CCCSc1ccc(C(=O)Nc2ccc(C#N)cc2C(=O)O)cn1. The second-order valence-corrected chi connectivity index (χ2v) is 5.98. The number of nitrogens with one attached hydrogen (secondary N) is 1. The lowest BCUT2D eigenvalue weighted by Gasteiger charge is -2.09. The Morgan fingerprint density at radius 1 is 1.33 bits per heavy atom. The Labute approximate surface area is 143 Å². The van der Waals surface area contributed by atoms with E-state index >= 15 is 0 Å². The summed E-state index contributed by atoms with van der Waals surface area (Å²) in [5.41, 5.74) is 0.544. The first-order valence-electron chi connectivity index (χ1n) is 7.22. The van der Waals surface area contributed by atoms with Gasteiger partial charge in [0, 0.05) is 6.20 Å². The minimum Gasteiger partial charge on any atom is -0.478 e.